The highest BCUT2D eigenvalue weighted by atomic mass is 16.5. The minimum atomic E-state index is -0.795. The summed E-state index contributed by atoms with van der Waals surface area (Å²) in [4.78, 5) is 30.7. The monoisotopic (exact) mass is 293 g/mol. The van der Waals surface area contributed by atoms with Crippen LogP contribution in [0.1, 0.15) is 42.7 Å². The molecule has 0 saturated heterocycles. The van der Waals surface area contributed by atoms with Crippen LogP contribution in [0, 0.1) is 5.92 Å². The average Bonchev–Trinajstić information content (AvgIpc) is 2.72. The molecule has 1 heterocycles. The van der Waals surface area contributed by atoms with Crippen LogP contribution in [0.25, 0.3) is 0 Å². The first-order valence-electron chi connectivity index (χ1n) is 7.02. The minimum Gasteiger partial charge on any atom is -0.481 e. The van der Waals surface area contributed by atoms with Crippen LogP contribution < -0.4 is 5.32 Å². The van der Waals surface area contributed by atoms with E-state index in [9.17, 15) is 14.7 Å². The van der Waals surface area contributed by atoms with Crippen LogP contribution in [0.5, 0.6) is 0 Å². The molecule has 21 heavy (non-hydrogen) atoms. The van der Waals surface area contributed by atoms with Gasteiger partial charge in [-0.25, -0.2) is 14.8 Å². The highest BCUT2D eigenvalue weighted by Crippen LogP contribution is 2.26. The fourth-order valence-corrected chi connectivity index (χ4v) is 2.59. The number of carbonyl (C=O) groups is 2. The van der Waals surface area contributed by atoms with Crippen molar-refractivity contribution in [2.75, 3.05) is 12.4 Å². The summed E-state index contributed by atoms with van der Waals surface area (Å²) in [5.41, 5.74) is 0. The quantitative estimate of drug-likeness (QED) is 0.643. The van der Waals surface area contributed by atoms with Crippen molar-refractivity contribution < 1.29 is 19.4 Å². The summed E-state index contributed by atoms with van der Waals surface area (Å²) in [6, 6.07) is 1.43. The molecule has 0 bridgehead atoms. The molecule has 2 atom stereocenters. The molecule has 1 fully saturated rings. The summed E-state index contributed by atoms with van der Waals surface area (Å²) >= 11 is 0. The van der Waals surface area contributed by atoms with E-state index in [-0.39, 0.29) is 11.9 Å². The van der Waals surface area contributed by atoms with Crippen molar-refractivity contribution in [3.63, 3.8) is 0 Å². The van der Waals surface area contributed by atoms with Gasteiger partial charge in [-0.1, -0.05) is 19.3 Å². The Bertz CT molecular complexity index is 521. The molecule has 1 aromatic heterocycles. The van der Waals surface area contributed by atoms with Gasteiger partial charge in [0.2, 0.25) is 5.82 Å². The van der Waals surface area contributed by atoms with Gasteiger partial charge in [0, 0.05) is 12.2 Å². The number of carboxylic acid groups (broad SMARTS) is 1. The number of esters is 1. The zero-order valence-corrected chi connectivity index (χ0v) is 11.9. The second-order valence-electron chi connectivity index (χ2n) is 5.09. The number of rotatable bonds is 4. The molecule has 1 aromatic rings. The minimum absolute atomic E-state index is 0.0389. The van der Waals surface area contributed by atoms with Crippen LogP contribution in [-0.4, -0.2) is 40.2 Å². The van der Waals surface area contributed by atoms with Crippen molar-refractivity contribution in [3.05, 3.63) is 18.1 Å². The van der Waals surface area contributed by atoms with Crippen LogP contribution in [0.4, 0.5) is 5.82 Å². The molecule has 7 heteroatoms. The molecule has 1 aliphatic carbocycles. The maximum atomic E-state index is 11.4. The van der Waals surface area contributed by atoms with Crippen molar-refractivity contribution in [2.45, 2.75) is 38.1 Å². The van der Waals surface area contributed by atoms with E-state index in [1.165, 1.54) is 13.3 Å². The number of nitrogens with zero attached hydrogens (tertiary/aromatic N) is 2. The van der Waals surface area contributed by atoms with Crippen LogP contribution in [0.2, 0.25) is 0 Å². The Kier molecular flexibility index (Phi) is 5.08. The van der Waals surface area contributed by atoms with Crippen molar-refractivity contribution in [1.29, 1.82) is 0 Å². The molecule has 0 radical (unpaired) electrons. The van der Waals surface area contributed by atoms with Crippen molar-refractivity contribution in [3.8, 4) is 0 Å². The summed E-state index contributed by atoms with van der Waals surface area (Å²) in [7, 11) is 1.26. The first-order chi connectivity index (χ1) is 10.1. The van der Waals surface area contributed by atoms with Crippen molar-refractivity contribution in [2.24, 2.45) is 5.92 Å². The topological polar surface area (TPSA) is 101 Å². The van der Waals surface area contributed by atoms with E-state index in [4.69, 9.17) is 0 Å². The van der Waals surface area contributed by atoms with Crippen LogP contribution in [-0.2, 0) is 9.53 Å². The molecule has 1 saturated carbocycles. The van der Waals surface area contributed by atoms with E-state index in [1.807, 2.05) is 0 Å². The third-order valence-corrected chi connectivity index (χ3v) is 3.69. The van der Waals surface area contributed by atoms with Gasteiger partial charge in [0.1, 0.15) is 5.82 Å². The van der Waals surface area contributed by atoms with E-state index >= 15 is 0 Å². The lowest BCUT2D eigenvalue weighted by Gasteiger charge is -2.23. The van der Waals surface area contributed by atoms with Crippen LogP contribution >= 0.6 is 0 Å². The highest BCUT2D eigenvalue weighted by Gasteiger charge is 2.29. The van der Waals surface area contributed by atoms with Gasteiger partial charge >= 0.3 is 11.9 Å². The Balaban J connectivity index is 2.14. The van der Waals surface area contributed by atoms with E-state index in [0.717, 1.165) is 25.7 Å². The second-order valence-corrected chi connectivity index (χ2v) is 5.09. The zero-order valence-electron chi connectivity index (χ0n) is 11.9. The predicted molar refractivity (Wildman–Crippen MR) is 75.0 cm³/mol. The highest BCUT2D eigenvalue weighted by molar-refractivity contribution is 5.85. The molecule has 114 valence electrons. The van der Waals surface area contributed by atoms with Gasteiger partial charge in [-0.3, -0.25) is 4.79 Å². The summed E-state index contributed by atoms with van der Waals surface area (Å²) in [6.07, 6.45) is 5.83. The Morgan fingerprint density at radius 1 is 1.33 bits per heavy atom. The third-order valence-electron chi connectivity index (χ3n) is 3.69. The number of carbonyl (C=O) groups excluding carboxylic acids is 1. The maximum absolute atomic E-state index is 11.4. The van der Waals surface area contributed by atoms with Crippen LogP contribution in [0.3, 0.4) is 0 Å². The molecular formula is C14H19N3O4. The van der Waals surface area contributed by atoms with E-state index in [1.54, 1.807) is 6.07 Å². The summed E-state index contributed by atoms with van der Waals surface area (Å²) in [5.74, 6) is -1.44. The molecule has 2 N–H and O–H groups in total. The second kappa shape index (κ2) is 7.01. The van der Waals surface area contributed by atoms with Crippen molar-refractivity contribution in [1.82, 2.24) is 9.97 Å². The number of anilines is 1. The lowest BCUT2D eigenvalue weighted by molar-refractivity contribution is -0.142. The van der Waals surface area contributed by atoms with E-state index < -0.39 is 17.9 Å². The summed E-state index contributed by atoms with van der Waals surface area (Å²) < 4.78 is 4.57. The smallest absolute Gasteiger partial charge is 0.376 e. The van der Waals surface area contributed by atoms with Crippen LogP contribution in [0.15, 0.2) is 12.3 Å². The Morgan fingerprint density at radius 3 is 2.81 bits per heavy atom. The fourth-order valence-electron chi connectivity index (χ4n) is 2.59. The number of aliphatic carboxylic acids is 1. The van der Waals surface area contributed by atoms with Gasteiger partial charge in [0.25, 0.3) is 0 Å². The maximum Gasteiger partial charge on any atom is 0.376 e. The SMILES string of the molecule is COC(=O)c1nccc(NC2CCCCCC2C(=O)O)n1. The molecule has 0 amide bonds. The summed E-state index contributed by atoms with van der Waals surface area (Å²) in [5, 5.41) is 12.5. The van der Waals surface area contributed by atoms with E-state index in [0.29, 0.717) is 12.2 Å². The fraction of sp³-hybridized carbons (Fsp3) is 0.571. The molecule has 0 aromatic carbocycles. The van der Waals surface area contributed by atoms with Crippen molar-refractivity contribution >= 4 is 17.8 Å². The van der Waals surface area contributed by atoms with Gasteiger partial charge in [-0.15, -0.1) is 0 Å². The van der Waals surface area contributed by atoms with E-state index in [2.05, 4.69) is 20.0 Å². The number of nitrogens with one attached hydrogen (secondary N) is 1. The number of hydrogen-bond acceptors (Lipinski definition) is 6. The predicted octanol–water partition coefficient (Wildman–Crippen LogP) is 1.71. The number of hydrogen-bond donors (Lipinski definition) is 2. The Morgan fingerprint density at radius 2 is 2.10 bits per heavy atom. The third kappa shape index (κ3) is 3.90. The molecular weight excluding hydrogens is 274 g/mol. The van der Waals surface area contributed by atoms with Gasteiger partial charge < -0.3 is 15.2 Å². The average molecular weight is 293 g/mol. The number of carboxylic acids is 1. The number of ether oxygens (including phenoxy) is 1. The molecule has 0 aliphatic heterocycles. The Labute approximate surface area is 122 Å². The standard InChI is InChI=1S/C14H19N3O4/c1-21-14(20)12-15-8-7-11(17-12)16-10-6-4-2-3-5-9(10)13(18)19/h7-10H,2-6H2,1H3,(H,18,19)(H,15,16,17). The lowest BCUT2D eigenvalue weighted by atomic mass is 9.95. The zero-order chi connectivity index (χ0) is 15.2. The van der Waals surface area contributed by atoms with Gasteiger partial charge in [0.05, 0.1) is 13.0 Å². The number of methoxy groups -OCH3 is 1. The molecule has 2 rings (SSSR count). The molecule has 7 nitrogen and oxygen atoms in total. The summed E-state index contributed by atoms with van der Waals surface area (Å²) in [6.45, 7) is 0. The first kappa shape index (κ1) is 15.2. The normalized spacial score (nSPS) is 22.1. The van der Waals surface area contributed by atoms with Gasteiger partial charge in [-0.2, -0.15) is 0 Å². The molecule has 0 spiro atoms. The Hall–Kier alpha value is -2.18. The van der Waals surface area contributed by atoms with Gasteiger partial charge in [-0.05, 0) is 18.9 Å². The van der Waals surface area contributed by atoms with Gasteiger partial charge in [0.15, 0.2) is 0 Å². The lowest BCUT2D eigenvalue weighted by Crippen LogP contribution is -2.34. The molecule has 1 aliphatic rings. The largest absolute Gasteiger partial charge is 0.481 e. The number of aromatic nitrogens is 2. The first-order valence-corrected chi connectivity index (χ1v) is 7.02. The molecule has 2 unspecified atom stereocenters.